The molecule has 2 aromatic carbocycles. The van der Waals surface area contributed by atoms with Crippen molar-refractivity contribution < 1.29 is 9.53 Å². The fourth-order valence-corrected chi connectivity index (χ4v) is 3.66. The second kappa shape index (κ2) is 7.70. The van der Waals surface area contributed by atoms with E-state index in [4.69, 9.17) is 4.74 Å². The smallest absolute Gasteiger partial charge is 0.214 e. The van der Waals surface area contributed by atoms with Crippen LogP contribution in [0.25, 0.3) is 5.69 Å². The molecule has 3 aromatic rings. The topological polar surface area (TPSA) is 69.9 Å². The summed E-state index contributed by atoms with van der Waals surface area (Å²) in [6, 6.07) is 11.6. The van der Waals surface area contributed by atoms with Gasteiger partial charge in [0.25, 0.3) is 0 Å². The Morgan fingerprint density at radius 2 is 1.92 bits per heavy atom. The summed E-state index contributed by atoms with van der Waals surface area (Å²) in [5, 5.41) is 12.8. The average Bonchev–Trinajstić information content (AvgIpc) is 3.07. The van der Waals surface area contributed by atoms with Crippen molar-refractivity contribution in [3.63, 3.8) is 0 Å². The summed E-state index contributed by atoms with van der Waals surface area (Å²) in [5.74, 6) is 1.36. The second-order valence-corrected chi connectivity index (χ2v) is 6.93. The van der Waals surface area contributed by atoms with Gasteiger partial charge in [-0.15, -0.1) is 5.10 Å². The van der Waals surface area contributed by atoms with Gasteiger partial charge in [-0.25, -0.2) is 0 Å². The zero-order valence-corrected chi connectivity index (χ0v) is 16.0. The molecule has 0 fully saturated rings. The highest BCUT2D eigenvalue weighted by atomic mass is 32.2. The van der Waals surface area contributed by atoms with Crippen LogP contribution in [0.5, 0.6) is 5.75 Å². The van der Waals surface area contributed by atoms with Crippen molar-refractivity contribution in [2.45, 2.75) is 31.7 Å². The molecule has 0 aliphatic rings. The largest absolute Gasteiger partial charge is 0.496 e. The van der Waals surface area contributed by atoms with Crippen LogP contribution < -0.4 is 4.74 Å². The molecule has 0 amide bonds. The van der Waals surface area contributed by atoms with E-state index in [2.05, 4.69) is 15.5 Å². The first-order valence-corrected chi connectivity index (χ1v) is 9.15. The number of aryl methyl sites for hydroxylation is 2. The number of ether oxygens (including phenoxy) is 1. The normalized spacial score (nSPS) is 10.8. The minimum absolute atomic E-state index is 0.0271. The predicted octanol–water partition coefficient (Wildman–Crippen LogP) is 3.78. The number of carbonyl (C=O) groups excluding carboxylic acids is 1. The van der Waals surface area contributed by atoms with Gasteiger partial charge in [-0.1, -0.05) is 30.0 Å². The molecule has 0 unspecified atom stereocenters. The lowest BCUT2D eigenvalue weighted by molar-refractivity contribution is 0.101. The SMILES string of the molecule is COc1ccc(C(C)=O)cc1CSc1nnnn1-c1c(C)cccc1C. The molecule has 0 aliphatic carbocycles. The number of benzene rings is 2. The van der Waals surface area contributed by atoms with Gasteiger partial charge in [-0.3, -0.25) is 4.79 Å². The number of aromatic nitrogens is 4. The second-order valence-electron chi connectivity index (χ2n) is 5.99. The lowest BCUT2D eigenvalue weighted by Gasteiger charge is -2.12. The molecule has 0 saturated heterocycles. The predicted molar refractivity (Wildman–Crippen MR) is 101 cm³/mol. The Labute approximate surface area is 156 Å². The number of ketones is 1. The molecular weight excluding hydrogens is 348 g/mol. The van der Waals surface area contributed by atoms with Crippen molar-refractivity contribution >= 4 is 17.5 Å². The van der Waals surface area contributed by atoms with Gasteiger partial charge in [-0.05, 0) is 60.5 Å². The minimum Gasteiger partial charge on any atom is -0.496 e. The Morgan fingerprint density at radius 3 is 2.58 bits per heavy atom. The molecule has 7 heteroatoms. The molecule has 1 heterocycles. The van der Waals surface area contributed by atoms with Crippen LogP contribution in [0.4, 0.5) is 0 Å². The van der Waals surface area contributed by atoms with Crippen molar-refractivity contribution in [3.05, 3.63) is 58.7 Å². The number of methoxy groups -OCH3 is 1. The van der Waals surface area contributed by atoms with E-state index in [0.29, 0.717) is 16.5 Å². The third-order valence-corrected chi connectivity index (χ3v) is 5.10. The maximum Gasteiger partial charge on any atom is 0.214 e. The van der Waals surface area contributed by atoms with Gasteiger partial charge >= 0.3 is 0 Å². The zero-order chi connectivity index (χ0) is 18.7. The molecule has 0 atom stereocenters. The molecule has 0 saturated carbocycles. The summed E-state index contributed by atoms with van der Waals surface area (Å²) < 4.78 is 7.18. The molecular formula is C19H20N4O2S. The molecule has 0 aliphatic heterocycles. The maximum atomic E-state index is 11.7. The Morgan fingerprint density at radius 1 is 1.19 bits per heavy atom. The zero-order valence-electron chi connectivity index (χ0n) is 15.2. The molecule has 3 rings (SSSR count). The summed E-state index contributed by atoms with van der Waals surface area (Å²) in [5.41, 5.74) is 4.80. The third-order valence-electron chi connectivity index (χ3n) is 4.14. The third kappa shape index (κ3) is 3.62. The van der Waals surface area contributed by atoms with Crippen LogP contribution in [0, 0.1) is 13.8 Å². The highest BCUT2D eigenvalue weighted by molar-refractivity contribution is 7.98. The molecule has 6 nitrogen and oxygen atoms in total. The summed E-state index contributed by atoms with van der Waals surface area (Å²) in [6.07, 6.45) is 0. The van der Waals surface area contributed by atoms with Gasteiger partial charge in [0, 0.05) is 16.9 Å². The standard InChI is InChI=1S/C19H20N4O2S/c1-12-6-5-7-13(2)18(12)23-19(20-21-22-23)26-11-16-10-15(14(3)24)8-9-17(16)25-4/h5-10H,11H2,1-4H3. The van der Waals surface area contributed by atoms with Crippen LogP contribution in [0.3, 0.4) is 0 Å². The van der Waals surface area contributed by atoms with Crippen LogP contribution in [0.2, 0.25) is 0 Å². The fourth-order valence-electron chi connectivity index (χ4n) is 2.80. The molecule has 26 heavy (non-hydrogen) atoms. The van der Waals surface area contributed by atoms with Crippen LogP contribution >= 0.6 is 11.8 Å². The highest BCUT2D eigenvalue weighted by Gasteiger charge is 2.15. The van der Waals surface area contributed by atoms with Gasteiger partial charge in [0.1, 0.15) is 5.75 Å². The lowest BCUT2D eigenvalue weighted by atomic mass is 10.1. The Hall–Kier alpha value is -2.67. The molecule has 0 bridgehead atoms. The monoisotopic (exact) mass is 368 g/mol. The Balaban J connectivity index is 1.90. The first kappa shape index (κ1) is 18.1. The van der Waals surface area contributed by atoms with E-state index in [1.807, 2.05) is 44.2 Å². The maximum absolute atomic E-state index is 11.7. The van der Waals surface area contributed by atoms with Gasteiger partial charge in [-0.2, -0.15) is 4.68 Å². The van der Waals surface area contributed by atoms with E-state index in [9.17, 15) is 4.79 Å². The number of rotatable bonds is 6. The van der Waals surface area contributed by atoms with Crippen molar-refractivity contribution in [2.24, 2.45) is 0 Å². The van der Waals surface area contributed by atoms with Crippen LogP contribution in [0.15, 0.2) is 41.6 Å². The number of thioether (sulfide) groups is 1. The number of hydrogen-bond donors (Lipinski definition) is 0. The first-order valence-electron chi connectivity index (χ1n) is 8.17. The number of tetrazole rings is 1. The minimum atomic E-state index is 0.0271. The molecule has 1 aromatic heterocycles. The van der Waals surface area contributed by atoms with E-state index >= 15 is 0 Å². The van der Waals surface area contributed by atoms with Crippen LogP contribution in [0.1, 0.15) is 34.0 Å². The summed E-state index contributed by atoms with van der Waals surface area (Å²) >= 11 is 1.50. The van der Waals surface area contributed by atoms with Crippen molar-refractivity contribution in [1.29, 1.82) is 0 Å². The number of Topliss-reactive ketones (excluding diaryl/α,β-unsaturated/α-hetero) is 1. The van der Waals surface area contributed by atoms with Crippen molar-refractivity contribution in [1.82, 2.24) is 20.2 Å². The number of para-hydroxylation sites is 1. The van der Waals surface area contributed by atoms with Crippen molar-refractivity contribution in [2.75, 3.05) is 7.11 Å². The first-order chi connectivity index (χ1) is 12.5. The van der Waals surface area contributed by atoms with Gasteiger partial charge < -0.3 is 4.74 Å². The number of nitrogens with zero attached hydrogens (tertiary/aromatic N) is 4. The van der Waals surface area contributed by atoms with E-state index in [1.165, 1.54) is 11.8 Å². The van der Waals surface area contributed by atoms with E-state index in [-0.39, 0.29) is 5.78 Å². The van der Waals surface area contributed by atoms with Crippen LogP contribution in [-0.4, -0.2) is 33.1 Å². The van der Waals surface area contributed by atoms with Crippen molar-refractivity contribution in [3.8, 4) is 11.4 Å². The highest BCUT2D eigenvalue weighted by Crippen LogP contribution is 2.30. The summed E-state index contributed by atoms with van der Waals surface area (Å²) in [6.45, 7) is 5.63. The molecule has 0 spiro atoms. The van der Waals surface area contributed by atoms with E-state index in [0.717, 1.165) is 28.1 Å². The average molecular weight is 368 g/mol. The summed E-state index contributed by atoms with van der Waals surface area (Å²) in [7, 11) is 1.62. The number of hydrogen-bond acceptors (Lipinski definition) is 6. The van der Waals surface area contributed by atoms with Crippen LogP contribution in [-0.2, 0) is 5.75 Å². The Bertz CT molecular complexity index is 932. The van der Waals surface area contributed by atoms with Gasteiger partial charge in [0.05, 0.1) is 12.8 Å². The lowest BCUT2D eigenvalue weighted by Crippen LogP contribution is -2.04. The fraction of sp³-hybridized carbons (Fsp3) is 0.263. The quantitative estimate of drug-likeness (QED) is 0.487. The summed E-state index contributed by atoms with van der Waals surface area (Å²) in [4.78, 5) is 11.7. The van der Waals surface area contributed by atoms with Gasteiger partial charge in [0.15, 0.2) is 5.78 Å². The Kier molecular flexibility index (Phi) is 5.37. The molecule has 0 radical (unpaired) electrons. The molecule has 134 valence electrons. The van der Waals surface area contributed by atoms with E-state index in [1.54, 1.807) is 24.8 Å². The van der Waals surface area contributed by atoms with Gasteiger partial charge in [0.2, 0.25) is 5.16 Å². The molecule has 0 N–H and O–H groups in total. The number of carbonyl (C=O) groups is 1. The van der Waals surface area contributed by atoms with E-state index < -0.39 is 0 Å².